The number of piperidine rings is 2. The molecule has 0 spiro atoms. The predicted octanol–water partition coefficient (Wildman–Crippen LogP) is 6.74. The Morgan fingerprint density at radius 3 is 1.71 bits per heavy atom. The third-order valence-corrected chi connectivity index (χ3v) is 7.39. The maximum absolute atomic E-state index is 14.3. The number of carbonyl (C=O) groups excluding carboxylic acids is 1. The van der Waals surface area contributed by atoms with E-state index in [1.165, 1.54) is 31.2 Å². The number of carbonyl (C=O) groups is 1. The Morgan fingerprint density at radius 2 is 1.11 bits per heavy atom. The van der Waals surface area contributed by atoms with E-state index >= 15 is 0 Å². The van der Waals surface area contributed by atoms with Gasteiger partial charge in [-0.1, -0.05) is 61.4 Å². The number of benzene rings is 3. The molecule has 2 heterocycles. The fraction of sp³-hybridized carbons (Fsp3) is 0.387. The maximum Gasteiger partial charge on any atom is 0.181 e. The van der Waals surface area contributed by atoms with Gasteiger partial charge in [-0.15, -0.1) is 0 Å². The minimum absolute atomic E-state index is 0.0716. The van der Waals surface area contributed by atoms with E-state index in [2.05, 4.69) is 40.1 Å². The van der Waals surface area contributed by atoms with Gasteiger partial charge in [0.15, 0.2) is 5.78 Å². The van der Waals surface area contributed by atoms with Crippen LogP contribution >= 0.6 is 0 Å². The van der Waals surface area contributed by atoms with Gasteiger partial charge in [0.25, 0.3) is 0 Å². The Hall–Kier alpha value is -2.95. The van der Waals surface area contributed by atoms with Crippen molar-refractivity contribution in [2.24, 2.45) is 0 Å². The lowest BCUT2D eigenvalue weighted by molar-refractivity contribution is 0.0425. The zero-order chi connectivity index (χ0) is 23.9. The number of ketones is 1. The van der Waals surface area contributed by atoms with Crippen LogP contribution in [0, 0.1) is 0 Å². The molecule has 0 saturated carbocycles. The number of ether oxygens (including phenoxy) is 1. The van der Waals surface area contributed by atoms with Crippen molar-refractivity contribution >= 4 is 5.78 Å². The highest BCUT2D eigenvalue weighted by Gasteiger charge is 2.39. The molecule has 35 heavy (non-hydrogen) atoms. The first-order valence-corrected chi connectivity index (χ1v) is 13.2. The molecule has 3 aromatic carbocycles. The lowest BCUT2D eigenvalue weighted by atomic mass is 9.88. The van der Waals surface area contributed by atoms with Crippen LogP contribution in [-0.2, 0) is 0 Å². The van der Waals surface area contributed by atoms with E-state index in [-0.39, 0.29) is 17.9 Å². The van der Waals surface area contributed by atoms with Crippen molar-refractivity contribution < 1.29 is 9.53 Å². The second-order valence-electron chi connectivity index (χ2n) is 9.80. The number of likely N-dealkylation sites (tertiary alicyclic amines) is 2. The number of hydrogen-bond acceptors (Lipinski definition) is 4. The zero-order valence-electron chi connectivity index (χ0n) is 20.5. The second-order valence-corrected chi connectivity index (χ2v) is 9.80. The molecule has 5 rings (SSSR count). The number of Topliss-reactive ketones (excluding diaryl/α,β-unsaturated/α-hetero) is 1. The molecule has 2 atom stereocenters. The van der Waals surface area contributed by atoms with E-state index < -0.39 is 0 Å². The molecule has 4 nitrogen and oxygen atoms in total. The Balaban J connectivity index is 1.46. The molecule has 0 amide bonds. The molecule has 2 aliphatic rings. The molecule has 2 aliphatic heterocycles. The fourth-order valence-corrected chi connectivity index (χ4v) is 5.63. The van der Waals surface area contributed by atoms with Crippen LogP contribution in [0.15, 0.2) is 84.9 Å². The summed E-state index contributed by atoms with van der Waals surface area (Å²) >= 11 is 0. The summed E-state index contributed by atoms with van der Waals surface area (Å²) in [7, 11) is 0. The zero-order valence-corrected chi connectivity index (χ0v) is 20.5. The molecular formula is C31H36N2O2. The quantitative estimate of drug-likeness (QED) is 0.343. The van der Waals surface area contributed by atoms with Crippen molar-refractivity contribution in [3.8, 4) is 11.5 Å². The standard InChI is InChI=1S/C31H36N2O2/c34-31(26-17-19-28(20-18-26)35-27-15-7-2-8-16-27)30(33-23-11-4-12-24-33)29(25-13-5-1-6-14-25)32-21-9-3-10-22-32/h1-2,5-8,13-20,29-30H,3-4,9-12,21-24H2/t29-,30-/m1/s1. The average Bonchev–Trinajstić information content (AvgIpc) is 2.94. The van der Waals surface area contributed by atoms with Crippen molar-refractivity contribution in [1.82, 2.24) is 9.80 Å². The van der Waals surface area contributed by atoms with Crippen molar-refractivity contribution in [3.05, 3.63) is 96.1 Å². The number of rotatable bonds is 8. The van der Waals surface area contributed by atoms with Gasteiger partial charge in [0, 0.05) is 5.56 Å². The average molecular weight is 469 g/mol. The molecular weight excluding hydrogens is 432 g/mol. The van der Waals surface area contributed by atoms with Gasteiger partial charge in [0.2, 0.25) is 0 Å². The molecule has 4 heteroatoms. The minimum Gasteiger partial charge on any atom is -0.457 e. The summed E-state index contributed by atoms with van der Waals surface area (Å²) in [4.78, 5) is 19.3. The van der Waals surface area contributed by atoms with Gasteiger partial charge in [0.1, 0.15) is 11.5 Å². The SMILES string of the molecule is O=C(c1ccc(Oc2ccccc2)cc1)[C@@H]([C@@H](c1ccccc1)N1CCCCC1)N1CCCCC1. The summed E-state index contributed by atoms with van der Waals surface area (Å²) in [5, 5.41) is 0. The van der Waals surface area contributed by atoms with Crippen LogP contribution < -0.4 is 4.74 Å². The molecule has 0 N–H and O–H groups in total. The first kappa shape index (κ1) is 23.8. The first-order valence-electron chi connectivity index (χ1n) is 13.2. The molecule has 182 valence electrons. The van der Waals surface area contributed by atoms with Gasteiger partial charge >= 0.3 is 0 Å². The normalized spacial score (nSPS) is 19.1. The van der Waals surface area contributed by atoms with E-state index in [1.54, 1.807) is 0 Å². The van der Waals surface area contributed by atoms with Crippen LogP contribution in [0.3, 0.4) is 0 Å². The fourth-order valence-electron chi connectivity index (χ4n) is 5.63. The summed E-state index contributed by atoms with van der Waals surface area (Å²) in [6.07, 6.45) is 7.27. The van der Waals surface area contributed by atoms with E-state index in [4.69, 9.17) is 4.74 Å². The third kappa shape index (κ3) is 5.83. The van der Waals surface area contributed by atoms with Gasteiger partial charge in [-0.2, -0.15) is 0 Å². The maximum atomic E-state index is 14.3. The summed E-state index contributed by atoms with van der Waals surface area (Å²) in [6, 6.07) is 28.1. The Kier molecular flexibility index (Phi) is 7.92. The second kappa shape index (κ2) is 11.7. The number of hydrogen-bond donors (Lipinski definition) is 0. The molecule has 0 aliphatic carbocycles. The van der Waals surface area contributed by atoms with Crippen molar-refractivity contribution in [1.29, 1.82) is 0 Å². The van der Waals surface area contributed by atoms with Crippen LogP contribution in [0.1, 0.15) is 60.5 Å². The first-order chi connectivity index (χ1) is 17.3. The summed E-state index contributed by atoms with van der Waals surface area (Å²) in [6.45, 7) is 4.09. The highest BCUT2D eigenvalue weighted by atomic mass is 16.5. The lowest BCUT2D eigenvalue weighted by Gasteiger charge is -2.44. The Labute approximate surface area is 209 Å². The van der Waals surface area contributed by atoms with E-state index in [1.807, 2.05) is 54.6 Å². The molecule has 0 aromatic heterocycles. The number of para-hydroxylation sites is 1. The predicted molar refractivity (Wildman–Crippen MR) is 141 cm³/mol. The largest absolute Gasteiger partial charge is 0.457 e. The van der Waals surface area contributed by atoms with Gasteiger partial charge in [0.05, 0.1) is 12.1 Å². The molecule has 2 saturated heterocycles. The molecule has 0 radical (unpaired) electrons. The van der Waals surface area contributed by atoms with Crippen LogP contribution in [0.25, 0.3) is 0 Å². The van der Waals surface area contributed by atoms with Gasteiger partial charge in [-0.05, 0) is 93.8 Å². The van der Waals surface area contributed by atoms with Crippen LogP contribution in [-0.4, -0.2) is 47.8 Å². The van der Waals surface area contributed by atoms with Crippen LogP contribution in [0.4, 0.5) is 0 Å². The monoisotopic (exact) mass is 468 g/mol. The smallest absolute Gasteiger partial charge is 0.181 e. The van der Waals surface area contributed by atoms with Gasteiger partial charge < -0.3 is 4.74 Å². The number of nitrogens with zero attached hydrogens (tertiary/aromatic N) is 2. The summed E-state index contributed by atoms with van der Waals surface area (Å²) in [5.74, 6) is 1.77. The van der Waals surface area contributed by atoms with Gasteiger partial charge in [-0.3, -0.25) is 14.6 Å². The Morgan fingerprint density at radius 1 is 0.600 bits per heavy atom. The van der Waals surface area contributed by atoms with E-state index in [0.29, 0.717) is 0 Å². The summed E-state index contributed by atoms with van der Waals surface area (Å²) < 4.78 is 5.97. The van der Waals surface area contributed by atoms with Crippen LogP contribution in [0.2, 0.25) is 0 Å². The molecule has 2 fully saturated rings. The molecule has 0 unspecified atom stereocenters. The van der Waals surface area contributed by atoms with Crippen LogP contribution in [0.5, 0.6) is 11.5 Å². The van der Waals surface area contributed by atoms with Crippen molar-refractivity contribution in [2.75, 3.05) is 26.2 Å². The van der Waals surface area contributed by atoms with E-state index in [9.17, 15) is 4.79 Å². The van der Waals surface area contributed by atoms with Crippen molar-refractivity contribution in [3.63, 3.8) is 0 Å². The summed E-state index contributed by atoms with van der Waals surface area (Å²) in [5.41, 5.74) is 2.02. The molecule has 0 bridgehead atoms. The highest BCUT2D eigenvalue weighted by molar-refractivity contribution is 6.00. The molecule has 3 aromatic rings. The third-order valence-electron chi connectivity index (χ3n) is 7.39. The topological polar surface area (TPSA) is 32.8 Å². The Bertz CT molecular complexity index is 1060. The van der Waals surface area contributed by atoms with Gasteiger partial charge in [-0.25, -0.2) is 0 Å². The van der Waals surface area contributed by atoms with Crippen molar-refractivity contribution in [2.45, 2.75) is 50.6 Å². The van der Waals surface area contributed by atoms with E-state index in [0.717, 1.165) is 56.1 Å². The minimum atomic E-state index is -0.184. The highest BCUT2D eigenvalue weighted by Crippen LogP contribution is 2.34. The lowest BCUT2D eigenvalue weighted by Crippen LogP contribution is -2.53.